The summed E-state index contributed by atoms with van der Waals surface area (Å²) >= 11 is 0. The summed E-state index contributed by atoms with van der Waals surface area (Å²) in [6, 6.07) is 10.1. The summed E-state index contributed by atoms with van der Waals surface area (Å²) < 4.78 is 33.0. The van der Waals surface area contributed by atoms with Gasteiger partial charge in [-0.2, -0.15) is 0 Å². The highest BCUT2D eigenvalue weighted by molar-refractivity contribution is 7.90. The molecule has 2 aliphatic rings. The molecule has 1 saturated carbocycles. The predicted octanol–water partition coefficient (Wildman–Crippen LogP) is 3.63. The first-order valence-electron chi connectivity index (χ1n) is 10.0. The lowest BCUT2D eigenvalue weighted by atomic mass is 10.0. The van der Waals surface area contributed by atoms with Gasteiger partial charge in [0.2, 0.25) is 10.0 Å². The fourth-order valence-electron chi connectivity index (χ4n) is 3.93. The maximum absolute atomic E-state index is 12.5. The maximum atomic E-state index is 12.5. The molecule has 1 saturated heterocycles. The summed E-state index contributed by atoms with van der Waals surface area (Å²) in [5.41, 5.74) is 2.14. The van der Waals surface area contributed by atoms with Gasteiger partial charge in [-0.3, -0.25) is 9.97 Å². The largest absolute Gasteiger partial charge is 0.490 e. The third-order valence-electron chi connectivity index (χ3n) is 5.73. The minimum Gasteiger partial charge on any atom is -0.490 e. The van der Waals surface area contributed by atoms with Crippen molar-refractivity contribution in [3.63, 3.8) is 0 Å². The molecule has 1 aromatic carbocycles. The quantitative estimate of drug-likeness (QED) is 0.643. The third kappa shape index (κ3) is 3.72. The van der Waals surface area contributed by atoms with E-state index in [9.17, 15) is 8.42 Å². The Morgan fingerprint density at radius 3 is 2.34 bits per heavy atom. The molecule has 0 amide bonds. The maximum Gasteiger partial charge on any atom is 0.216 e. The van der Waals surface area contributed by atoms with Crippen molar-refractivity contribution in [3.05, 3.63) is 55.1 Å². The number of sulfonamides is 1. The Balaban J connectivity index is 1.39. The number of nitrogens with zero attached hydrogens (tertiary/aromatic N) is 3. The van der Waals surface area contributed by atoms with E-state index in [4.69, 9.17) is 4.74 Å². The molecule has 0 unspecified atom stereocenters. The van der Waals surface area contributed by atoms with Crippen molar-refractivity contribution in [2.24, 2.45) is 0 Å². The second-order valence-corrected chi connectivity index (χ2v) is 9.98. The van der Waals surface area contributed by atoms with Crippen LogP contribution in [0.15, 0.2) is 55.1 Å². The average Bonchev–Trinajstić information content (AvgIpc) is 3.61. The van der Waals surface area contributed by atoms with Gasteiger partial charge in [-0.1, -0.05) is 0 Å². The fraction of sp³-hybridized carbons (Fsp3) is 0.364. The average molecular weight is 410 g/mol. The summed E-state index contributed by atoms with van der Waals surface area (Å²) in [6.07, 6.45) is 10.2. The molecule has 1 aliphatic carbocycles. The first-order valence-corrected chi connectivity index (χ1v) is 11.6. The van der Waals surface area contributed by atoms with Crippen molar-refractivity contribution in [2.45, 2.75) is 37.0 Å². The Morgan fingerprint density at radius 2 is 1.62 bits per heavy atom. The monoisotopic (exact) mass is 409 g/mol. The van der Waals surface area contributed by atoms with Crippen molar-refractivity contribution in [1.29, 1.82) is 0 Å². The van der Waals surface area contributed by atoms with Crippen molar-refractivity contribution in [2.75, 3.05) is 13.1 Å². The molecular weight excluding hydrogens is 386 g/mol. The first-order chi connectivity index (χ1) is 14.1. The van der Waals surface area contributed by atoms with Crippen LogP contribution in [0.1, 0.15) is 25.7 Å². The highest BCUT2D eigenvalue weighted by Crippen LogP contribution is 2.35. The normalized spacial score (nSPS) is 18.8. The van der Waals surface area contributed by atoms with Gasteiger partial charge in [-0.15, -0.1) is 0 Å². The second-order valence-electron chi connectivity index (χ2n) is 7.77. The minimum atomic E-state index is -3.10. The number of ether oxygens (including phenoxy) is 1. The SMILES string of the molecule is O=S(=O)(C1CC1)N1CCC(Oc2cc(-c3ccncc3)cc3ccncc23)CC1. The van der Waals surface area contributed by atoms with Crippen LogP contribution in [0.25, 0.3) is 21.9 Å². The van der Waals surface area contributed by atoms with Crippen molar-refractivity contribution < 1.29 is 13.2 Å². The van der Waals surface area contributed by atoms with Crippen LogP contribution in [0.3, 0.4) is 0 Å². The molecule has 2 aromatic heterocycles. The molecule has 2 fully saturated rings. The summed E-state index contributed by atoms with van der Waals surface area (Å²) in [4.78, 5) is 8.36. The van der Waals surface area contributed by atoms with Crippen LogP contribution in [-0.2, 0) is 10.0 Å². The molecule has 0 N–H and O–H groups in total. The van der Waals surface area contributed by atoms with Crippen LogP contribution in [0, 0.1) is 0 Å². The summed E-state index contributed by atoms with van der Waals surface area (Å²) in [6.45, 7) is 1.06. The van der Waals surface area contributed by atoms with E-state index in [0.717, 1.165) is 40.5 Å². The zero-order chi connectivity index (χ0) is 19.8. The lowest BCUT2D eigenvalue weighted by molar-refractivity contribution is 0.137. The fourth-order valence-corrected chi connectivity index (χ4v) is 5.81. The Hall–Kier alpha value is -2.51. The molecule has 3 heterocycles. The number of aromatic nitrogens is 2. The van der Waals surface area contributed by atoms with E-state index in [2.05, 4.69) is 16.0 Å². The van der Waals surface area contributed by atoms with Crippen LogP contribution >= 0.6 is 0 Å². The van der Waals surface area contributed by atoms with Crippen LogP contribution in [0.2, 0.25) is 0 Å². The van der Waals surface area contributed by atoms with E-state index in [0.29, 0.717) is 25.9 Å². The number of fused-ring (bicyclic) bond motifs is 1. The van der Waals surface area contributed by atoms with Gasteiger partial charge in [0.25, 0.3) is 0 Å². The van der Waals surface area contributed by atoms with Crippen LogP contribution in [0.5, 0.6) is 5.75 Å². The highest BCUT2D eigenvalue weighted by atomic mass is 32.2. The number of rotatable bonds is 5. The van der Waals surface area contributed by atoms with Gasteiger partial charge < -0.3 is 4.74 Å². The van der Waals surface area contributed by atoms with Gasteiger partial charge in [-0.25, -0.2) is 12.7 Å². The van der Waals surface area contributed by atoms with Gasteiger partial charge in [0, 0.05) is 43.3 Å². The van der Waals surface area contributed by atoms with Gasteiger partial charge in [-0.05, 0) is 72.5 Å². The lowest BCUT2D eigenvalue weighted by Crippen LogP contribution is -2.43. The Bertz CT molecular complexity index is 1120. The van der Waals surface area contributed by atoms with Crippen LogP contribution in [-0.4, -0.2) is 47.1 Å². The standard InChI is InChI=1S/C22H23N3O3S/c26-29(27,20-1-2-20)25-11-6-19(7-12-25)28-22-14-18(16-3-8-23-9-4-16)13-17-5-10-24-15-21(17)22/h3-5,8-10,13-15,19-20H,1-2,6-7,11-12H2. The number of piperidine rings is 1. The van der Waals surface area contributed by atoms with Gasteiger partial charge in [0.15, 0.2) is 0 Å². The first kappa shape index (κ1) is 18.5. The molecule has 29 heavy (non-hydrogen) atoms. The van der Waals surface area contributed by atoms with E-state index in [1.165, 1.54) is 0 Å². The smallest absolute Gasteiger partial charge is 0.216 e. The minimum absolute atomic E-state index is 0.00301. The van der Waals surface area contributed by atoms with Gasteiger partial charge in [0.1, 0.15) is 11.9 Å². The highest BCUT2D eigenvalue weighted by Gasteiger charge is 2.41. The van der Waals surface area contributed by atoms with Crippen molar-refractivity contribution >= 4 is 20.8 Å². The van der Waals surface area contributed by atoms with E-state index in [1.807, 2.05) is 30.5 Å². The number of pyridine rings is 2. The molecule has 0 atom stereocenters. The molecule has 6 nitrogen and oxygen atoms in total. The van der Waals surface area contributed by atoms with E-state index in [-0.39, 0.29) is 11.4 Å². The van der Waals surface area contributed by atoms with E-state index < -0.39 is 10.0 Å². The number of hydrogen-bond donors (Lipinski definition) is 0. The summed E-state index contributed by atoms with van der Waals surface area (Å²) in [7, 11) is -3.10. The Morgan fingerprint density at radius 1 is 0.897 bits per heavy atom. The van der Waals surface area contributed by atoms with Gasteiger partial charge in [0.05, 0.1) is 5.25 Å². The zero-order valence-corrected chi connectivity index (χ0v) is 16.9. The third-order valence-corrected chi connectivity index (χ3v) is 8.13. The zero-order valence-electron chi connectivity index (χ0n) is 16.1. The number of benzene rings is 1. The molecule has 5 rings (SSSR count). The molecular formula is C22H23N3O3S. The second kappa shape index (κ2) is 7.39. The summed E-state index contributed by atoms with van der Waals surface area (Å²) in [5, 5.41) is 1.89. The van der Waals surface area contributed by atoms with Gasteiger partial charge >= 0.3 is 0 Å². The van der Waals surface area contributed by atoms with Crippen molar-refractivity contribution in [1.82, 2.24) is 14.3 Å². The molecule has 1 aliphatic heterocycles. The Labute approximate surface area is 170 Å². The lowest BCUT2D eigenvalue weighted by Gasteiger charge is -2.31. The summed E-state index contributed by atoms with van der Waals surface area (Å²) in [5.74, 6) is 0.797. The topological polar surface area (TPSA) is 72.4 Å². The van der Waals surface area contributed by atoms with Crippen LogP contribution in [0.4, 0.5) is 0 Å². The number of hydrogen-bond acceptors (Lipinski definition) is 5. The molecule has 7 heteroatoms. The molecule has 0 spiro atoms. The molecule has 0 radical (unpaired) electrons. The van der Waals surface area contributed by atoms with Crippen LogP contribution < -0.4 is 4.74 Å². The molecule has 150 valence electrons. The van der Waals surface area contributed by atoms with E-state index in [1.54, 1.807) is 22.9 Å². The van der Waals surface area contributed by atoms with Crippen molar-refractivity contribution in [3.8, 4) is 16.9 Å². The Kier molecular flexibility index (Phi) is 4.72. The predicted molar refractivity (Wildman–Crippen MR) is 112 cm³/mol. The van der Waals surface area contributed by atoms with E-state index >= 15 is 0 Å². The molecule has 0 bridgehead atoms. The molecule has 3 aromatic rings.